The number of nitrogens with zero attached hydrogens (tertiary/aromatic N) is 6. The van der Waals surface area contributed by atoms with Crippen molar-refractivity contribution < 1.29 is 0 Å². The zero-order valence-electron chi connectivity index (χ0n) is 33.5. The molecule has 5 heterocycles. The van der Waals surface area contributed by atoms with Gasteiger partial charge in [-0.2, -0.15) is 0 Å². The number of hydrogen-bond donors (Lipinski definition) is 0. The molecule has 12 rings (SSSR count). The van der Waals surface area contributed by atoms with E-state index in [1.807, 2.05) is 60.9 Å². The van der Waals surface area contributed by atoms with E-state index in [2.05, 4.69) is 167 Å². The molecule has 0 atom stereocenters. The highest BCUT2D eigenvalue weighted by molar-refractivity contribution is 6.10. The Balaban J connectivity index is 1.14. The molecule has 62 heavy (non-hydrogen) atoms. The molecule has 0 amide bonds. The molecule has 0 saturated carbocycles. The van der Waals surface area contributed by atoms with Crippen LogP contribution in [-0.2, 0) is 0 Å². The van der Waals surface area contributed by atoms with Crippen molar-refractivity contribution in [3.63, 3.8) is 0 Å². The SMILES string of the molecule is c1ccc(-c2cc(-c3cc(-c4ccnc(-c5ccccc5)c4)nc(-c4cc(-n5c6ccccc6c6ccccc65)cc(-n5c6ccccc6c6ccccc65)c4)n3)ccn2)cc1. The lowest BCUT2D eigenvalue weighted by Crippen LogP contribution is -2.02. The first-order chi connectivity index (χ1) is 30.7. The molecule has 0 aliphatic heterocycles. The van der Waals surface area contributed by atoms with Gasteiger partial charge in [0.15, 0.2) is 5.82 Å². The largest absolute Gasteiger partial charge is 0.309 e. The molecule has 12 aromatic rings. The average Bonchev–Trinajstić information content (AvgIpc) is 3.88. The first-order valence-corrected chi connectivity index (χ1v) is 20.8. The number of para-hydroxylation sites is 4. The summed E-state index contributed by atoms with van der Waals surface area (Å²) in [7, 11) is 0. The van der Waals surface area contributed by atoms with Crippen LogP contribution in [0.2, 0.25) is 0 Å². The molecule has 0 fully saturated rings. The van der Waals surface area contributed by atoms with Crippen LogP contribution in [0.4, 0.5) is 0 Å². The normalized spacial score (nSPS) is 11.5. The van der Waals surface area contributed by atoms with E-state index in [9.17, 15) is 0 Å². The van der Waals surface area contributed by atoms with Gasteiger partial charge in [0.25, 0.3) is 0 Å². The second-order valence-electron chi connectivity index (χ2n) is 15.5. The van der Waals surface area contributed by atoms with E-state index in [4.69, 9.17) is 19.9 Å². The van der Waals surface area contributed by atoms with Crippen molar-refractivity contribution in [1.82, 2.24) is 29.1 Å². The first-order valence-electron chi connectivity index (χ1n) is 20.8. The fourth-order valence-corrected chi connectivity index (χ4v) is 8.97. The minimum atomic E-state index is 0.610. The monoisotopic (exact) mass is 792 g/mol. The molecule has 0 saturated heterocycles. The van der Waals surface area contributed by atoms with Gasteiger partial charge < -0.3 is 9.13 Å². The summed E-state index contributed by atoms with van der Waals surface area (Å²) in [5, 5.41) is 4.80. The summed E-state index contributed by atoms with van der Waals surface area (Å²) in [4.78, 5) is 20.4. The Bertz CT molecular complexity index is 3300. The van der Waals surface area contributed by atoms with Crippen molar-refractivity contribution in [1.29, 1.82) is 0 Å². The third-order valence-corrected chi connectivity index (χ3v) is 11.8. The second kappa shape index (κ2) is 14.7. The Kier molecular flexibility index (Phi) is 8.38. The number of hydrogen-bond acceptors (Lipinski definition) is 4. The molecule has 0 N–H and O–H groups in total. The number of fused-ring (bicyclic) bond motifs is 6. The van der Waals surface area contributed by atoms with E-state index in [0.29, 0.717) is 5.82 Å². The highest BCUT2D eigenvalue weighted by Crippen LogP contribution is 2.38. The Hall–Kier alpha value is -8.48. The zero-order valence-corrected chi connectivity index (χ0v) is 33.5. The van der Waals surface area contributed by atoms with Crippen LogP contribution in [0.15, 0.2) is 219 Å². The fraction of sp³-hybridized carbons (Fsp3) is 0. The van der Waals surface area contributed by atoms with Gasteiger partial charge in [0.1, 0.15) is 0 Å². The first kappa shape index (κ1) is 35.5. The average molecular weight is 793 g/mol. The van der Waals surface area contributed by atoms with Crippen LogP contribution in [0.1, 0.15) is 0 Å². The van der Waals surface area contributed by atoms with Crippen molar-refractivity contribution >= 4 is 43.6 Å². The molecule has 0 spiro atoms. The summed E-state index contributed by atoms with van der Waals surface area (Å²) >= 11 is 0. The minimum Gasteiger partial charge on any atom is -0.309 e. The number of benzene rings is 7. The van der Waals surface area contributed by atoms with Gasteiger partial charge in [-0.3, -0.25) is 9.97 Å². The molecule has 0 bridgehead atoms. The highest BCUT2D eigenvalue weighted by atomic mass is 15.0. The summed E-state index contributed by atoms with van der Waals surface area (Å²) in [5.74, 6) is 0.610. The molecule has 7 aromatic carbocycles. The molecule has 5 aromatic heterocycles. The lowest BCUT2D eigenvalue weighted by Gasteiger charge is -2.16. The van der Waals surface area contributed by atoms with Gasteiger partial charge in [0.2, 0.25) is 0 Å². The van der Waals surface area contributed by atoms with E-state index in [1.165, 1.54) is 21.5 Å². The van der Waals surface area contributed by atoms with E-state index in [0.717, 1.165) is 84.0 Å². The van der Waals surface area contributed by atoms with Crippen LogP contribution in [0.3, 0.4) is 0 Å². The summed E-state index contributed by atoms with van der Waals surface area (Å²) in [6.07, 6.45) is 3.73. The lowest BCUT2D eigenvalue weighted by atomic mass is 10.0. The maximum Gasteiger partial charge on any atom is 0.160 e. The molecule has 0 aliphatic rings. The van der Waals surface area contributed by atoms with Gasteiger partial charge in [-0.15, -0.1) is 0 Å². The predicted molar refractivity (Wildman–Crippen MR) is 253 cm³/mol. The Labute approximate surface area is 357 Å². The third kappa shape index (κ3) is 6.04. The van der Waals surface area contributed by atoms with Crippen LogP contribution in [0.25, 0.3) is 111 Å². The smallest absolute Gasteiger partial charge is 0.160 e. The Morgan fingerprint density at radius 3 is 1.05 bits per heavy atom. The Morgan fingerprint density at radius 1 is 0.274 bits per heavy atom. The fourth-order valence-electron chi connectivity index (χ4n) is 8.97. The van der Waals surface area contributed by atoms with Crippen LogP contribution < -0.4 is 0 Å². The highest BCUT2D eigenvalue weighted by Gasteiger charge is 2.20. The number of rotatable bonds is 7. The van der Waals surface area contributed by atoms with Gasteiger partial charge in [0, 0.05) is 73.1 Å². The van der Waals surface area contributed by atoms with Crippen molar-refractivity contribution in [3.8, 4) is 67.8 Å². The predicted octanol–water partition coefficient (Wildman–Crippen LogP) is 13.8. The summed E-state index contributed by atoms with van der Waals surface area (Å²) in [5.41, 5.74) is 14.7. The van der Waals surface area contributed by atoms with Crippen LogP contribution >= 0.6 is 0 Å². The molecule has 0 aliphatic carbocycles. The van der Waals surface area contributed by atoms with Crippen LogP contribution in [-0.4, -0.2) is 29.1 Å². The maximum absolute atomic E-state index is 5.44. The van der Waals surface area contributed by atoms with E-state index >= 15 is 0 Å². The molecule has 0 unspecified atom stereocenters. The quantitative estimate of drug-likeness (QED) is 0.161. The molecule has 6 nitrogen and oxygen atoms in total. The van der Waals surface area contributed by atoms with Gasteiger partial charge in [-0.25, -0.2) is 9.97 Å². The standard InChI is InChI=1S/C56H36N6/c1-3-15-37(16-4-1)48-33-39(27-29-57-48)50-36-51(40-28-30-58-49(34-40)38-17-5-2-6-18-38)60-56(59-50)41-31-42(61-52-23-11-7-19-44(52)45-20-8-12-24-53(45)61)35-43(32-41)62-54-25-13-9-21-46(54)47-22-10-14-26-55(47)62/h1-36H. The molecule has 0 radical (unpaired) electrons. The molecule has 6 heteroatoms. The molecule has 290 valence electrons. The van der Waals surface area contributed by atoms with Crippen molar-refractivity contribution in [2.45, 2.75) is 0 Å². The maximum atomic E-state index is 5.44. The van der Waals surface area contributed by atoms with Crippen molar-refractivity contribution in [2.24, 2.45) is 0 Å². The van der Waals surface area contributed by atoms with Crippen LogP contribution in [0, 0.1) is 0 Å². The summed E-state index contributed by atoms with van der Waals surface area (Å²) in [6.45, 7) is 0. The van der Waals surface area contributed by atoms with E-state index in [1.54, 1.807) is 0 Å². The van der Waals surface area contributed by atoms with Crippen molar-refractivity contribution in [3.05, 3.63) is 219 Å². The third-order valence-electron chi connectivity index (χ3n) is 11.8. The second-order valence-corrected chi connectivity index (χ2v) is 15.5. The zero-order chi connectivity index (χ0) is 41.0. The number of pyridine rings is 2. The van der Waals surface area contributed by atoms with Gasteiger partial charge in [0.05, 0.1) is 44.8 Å². The van der Waals surface area contributed by atoms with E-state index < -0.39 is 0 Å². The van der Waals surface area contributed by atoms with Crippen LogP contribution in [0.5, 0.6) is 0 Å². The topological polar surface area (TPSA) is 61.4 Å². The molecular weight excluding hydrogens is 757 g/mol. The van der Waals surface area contributed by atoms with E-state index in [-0.39, 0.29) is 0 Å². The number of aromatic nitrogens is 6. The molecular formula is C56H36N6. The van der Waals surface area contributed by atoms with Gasteiger partial charge in [-0.05, 0) is 72.8 Å². The summed E-state index contributed by atoms with van der Waals surface area (Å²) in [6, 6.07) is 72.3. The minimum absolute atomic E-state index is 0.610. The Morgan fingerprint density at radius 2 is 0.645 bits per heavy atom. The van der Waals surface area contributed by atoms with Gasteiger partial charge >= 0.3 is 0 Å². The van der Waals surface area contributed by atoms with Crippen molar-refractivity contribution in [2.75, 3.05) is 0 Å². The summed E-state index contributed by atoms with van der Waals surface area (Å²) < 4.78 is 4.75. The lowest BCUT2D eigenvalue weighted by molar-refractivity contribution is 1.12. The van der Waals surface area contributed by atoms with Gasteiger partial charge in [-0.1, -0.05) is 133 Å².